The molecule has 1 aromatic heterocycles. The van der Waals surface area contributed by atoms with Gasteiger partial charge in [0.25, 0.3) is 0 Å². The average molecular weight is 313 g/mol. The minimum atomic E-state index is -0.619. The Bertz CT molecular complexity index is 582. The number of nitrogens with one attached hydrogen (secondary N) is 2. The molecule has 2 amide bonds. The number of nitrogens with zero attached hydrogens (tertiary/aromatic N) is 2. The third kappa shape index (κ3) is 3.18. The Balaban J connectivity index is 2.43. The molecule has 8 heteroatoms. The zero-order valence-corrected chi connectivity index (χ0v) is 12.6. The van der Waals surface area contributed by atoms with Gasteiger partial charge in [0.2, 0.25) is 0 Å². The first-order chi connectivity index (χ1) is 10.1. The van der Waals surface area contributed by atoms with Crippen LogP contribution in [0.3, 0.4) is 0 Å². The number of amides is 2. The number of aryl methyl sites for hydroxylation is 1. The normalized spacial score (nSPS) is 18.2. The fraction of sp³-hybridized carbons (Fsp3) is 0.462. The van der Waals surface area contributed by atoms with Crippen molar-refractivity contribution in [3.05, 3.63) is 29.2 Å². The van der Waals surface area contributed by atoms with Gasteiger partial charge in [-0.25, -0.2) is 9.59 Å². The molecule has 0 spiro atoms. The second-order valence-corrected chi connectivity index (χ2v) is 4.67. The first-order valence-electron chi connectivity index (χ1n) is 6.66. The van der Waals surface area contributed by atoms with E-state index in [9.17, 15) is 9.59 Å². The molecule has 1 aliphatic heterocycles. The van der Waals surface area contributed by atoms with Crippen molar-refractivity contribution in [3.63, 3.8) is 0 Å². The van der Waals surface area contributed by atoms with Crippen LogP contribution in [-0.2, 0) is 16.1 Å². The second kappa shape index (κ2) is 6.62. The van der Waals surface area contributed by atoms with Crippen LogP contribution in [0.2, 0.25) is 0 Å². The molecule has 1 aliphatic rings. The zero-order valence-electron chi connectivity index (χ0n) is 11.9. The number of carbonyl (C=O) groups excluding carboxylic acids is 2. The SMILES string of the molecule is CCOC(=O)C1=C(CCl)NC(=O)N[C@H]1c1cnn(CC)c1. The molecule has 1 aromatic rings. The maximum Gasteiger partial charge on any atom is 0.338 e. The number of urea groups is 1. The van der Waals surface area contributed by atoms with E-state index in [-0.39, 0.29) is 12.5 Å². The van der Waals surface area contributed by atoms with Crippen molar-refractivity contribution in [1.82, 2.24) is 20.4 Å². The topological polar surface area (TPSA) is 85.2 Å². The molecule has 0 saturated carbocycles. The van der Waals surface area contributed by atoms with E-state index < -0.39 is 18.0 Å². The van der Waals surface area contributed by atoms with Crippen molar-refractivity contribution < 1.29 is 14.3 Å². The van der Waals surface area contributed by atoms with E-state index >= 15 is 0 Å². The number of ether oxygens (including phenoxy) is 1. The van der Waals surface area contributed by atoms with Crippen molar-refractivity contribution in [2.24, 2.45) is 0 Å². The third-order valence-electron chi connectivity index (χ3n) is 3.09. The highest BCUT2D eigenvalue weighted by Gasteiger charge is 2.34. The molecule has 2 rings (SSSR count). The number of hydrogen-bond donors (Lipinski definition) is 2. The molecule has 2 heterocycles. The number of halogens is 1. The first-order valence-corrected chi connectivity index (χ1v) is 7.20. The summed E-state index contributed by atoms with van der Waals surface area (Å²) in [4.78, 5) is 23.9. The van der Waals surface area contributed by atoms with Crippen molar-refractivity contribution in [1.29, 1.82) is 0 Å². The highest BCUT2D eigenvalue weighted by molar-refractivity contribution is 6.20. The summed E-state index contributed by atoms with van der Waals surface area (Å²) in [6.45, 7) is 4.61. The molecule has 0 unspecified atom stereocenters. The van der Waals surface area contributed by atoms with Gasteiger partial charge in [-0.1, -0.05) is 0 Å². The molecule has 114 valence electrons. The zero-order chi connectivity index (χ0) is 15.4. The summed E-state index contributed by atoms with van der Waals surface area (Å²) in [5.41, 5.74) is 1.37. The molecule has 2 N–H and O–H groups in total. The van der Waals surface area contributed by atoms with Gasteiger partial charge < -0.3 is 15.4 Å². The van der Waals surface area contributed by atoms with E-state index in [1.54, 1.807) is 24.0 Å². The summed E-state index contributed by atoms with van der Waals surface area (Å²) in [6.07, 6.45) is 3.40. The van der Waals surface area contributed by atoms with Crippen molar-refractivity contribution in [3.8, 4) is 0 Å². The smallest absolute Gasteiger partial charge is 0.338 e. The average Bonchev–Trinajstić information content (AvgIpc) is 2.95. The van der Waals surface area contributed by atoms with Crippen LogP contribution in [0.5, 0.6) is 0 Å². The molecule has 0 fully saturated rings. The van der Waals surface area contributed by atoms with Gasteiger partial charge in [-0.05, 0) is 13.8 Å². The number of esters is 1. The van der Waals surface area contributed by atoms with Gasteiger partial charge in [0.1, 0.15) is 0 Å². The Morgan fingerprint density at radius 3 is 2.86 bits per heavy atom. The predicted molar refractivity (Wildman–Crippen MR) is 76.7 cm³/mol. The summed E-state index contributed by atoms with van der Waals surface area (Å²) < 4.78 is 6.77. The Morgan fingerprint density at radius 2 is 2.29 bits per heavy atom. The molecule has 1 atom stereocenters. The number of alkyl halides is 1. The maximum atomic E-state index is 12.2. The van der Waals surface area contributed by atoms with Crippen LogP contribution >= 0.6 is 11.6 Å². The predicted octanol–water partition coefficient (Wildman–Crippen LogP) is 1.31. The van der Waals surface area contributed by atoms with Gasteiger partial charge in [-0.3, -0.25) is 4.68 Å². The summed E-state index contributed by atoms with van der Waals surface area (Å²) in [6, 6.07) is -1.03. The van der Waals surface area contributed by atoms with E-state index in [2.05, 4.69) is 15.7 Å². The number of rotatable bonds is 5. The molecule has 21 heavy (non-hydrogen) atoms. The summed E-state index contributed by atoms with van der Waals surface area (Å²) in [7, 11) is 0. The third-order valence-corrected chi connectivity index (χ3v) is 3.36. The van der Waals surface area contributed by atoms with Gasteiger partial charge in [0, 0.05) is 24.0 Å². The van der Waals surface area contributed by atoms with Gasteiger partial charge >= 0.3 is 12.0 Å². The van der Waals surface area contributed by atoms with Crippen LogP contribution in [0.1, 0.15) is 25.5 Å². The van der Waals surface area contributed by atoms with Crippen molar-refractivity contribution in [2.75, 3.05) is 12.5 Å². The fourth-order valence-electron chi connectivity index (χ4n) is 2.12. The largest absolute Gasteiger partial charge is 0.463 e. The quantitative estimate of drug-likeness (QED) is 0.634. The molecule has 7 nitrogen and oxygen atoms in total. The van der Waals surface area contributed by atoms with E-state index in [0.717, 1.165) is 0 Å². The lowest BCUT2D eigenvalue weighted by Gasteiger charge is -2.27. The van der Waals surface area contributed by atoms with Crippen molar-refractivity contribution >= 4 is 23.6 Å². The molecule has 0 aliphatic carbocycles. The van der Waals surface area contributed by atoms with Crippen LogP contribution in [0.15, 0.2) is 23.7 Å². The molecule has 0 aromatic carbocycles. The van der Waals surface area contributed by atoms with Crippen molar-refractivity contribution in [2.45, 2.75) is 26.4 Å². The number of carbonyl (C=O) groups is 2. The number of hydrogen-bond acceptors (Lipinski definition) is 4. The molecule has 0 radical (unpaired) electrons. The molecular formula is C13H17ClN4O3. The number of allylic oxidation sites excluding steroid dienone is 1. The number of aromatic nitrogens is 2. The van der Waals surface area contributed by atoms with Gasteiger partial charge in [0.05, 0.1) is 30.3 Å². The molecule has 0 saturated heterocycles. The van der Waals surface area contributed by atoms with Gasteiger partial charge in [0.15, 0.2) is 0 Å². The van der Waals surface area contributed by atoms with Crippen LogP contribution in [0, 0.1) is 0 Å². The highest BCUT2D eigenvalue weighted by Crippen LogP contribution is 2.27. The van der Waals surface area contributed by atoms with E-state index in [1.807, 2.05) is 6.92 Å². The van der Waals surface area contributed by atoms with Crippen LogP contribution in [0.4, 0.5) is 4.79 Å². The summed E-state index contributed by atoms with van der Waals surface area (Å²) >= 11 is 5.84. The fourth-order valence-corrected chi connectivity index (χ4v) is 2.34. The van der Waals surface area contributed by atoms with E-state index in [4.69, 9.17) is 16.3 Å². The van der Waals surface area contributed by atoms with Crippen LogP contribution in [-0.4, -0.2) is 34.3 Å². The Kier molecular flexibility index (Phi) is 4.85. The van der Waals surface area contributed by atoms with Gasteiger partial charge in [-0.2, -0.15) is 5.10 Å². The Labute approximate surface area is 127 Å². The minimum Gasteiger partial charge on any atom is -0.463 e. The van der Waals surface area contributed by atoms with Gasteiger partial charge in [-0.15, -0.1) is 11.6 Å². The standard InChI is InChI=1S/C13H17ClN4O3/c1-3-18-7-8(6-15-18)11-10(12(19)21-4-2)9(5-14)16-13(20)17-11/h6-7,11H,3-5H2,1-2H3,(H2,16,17,20)/t11-/m0/s1. The summed E-state index contributed by atoms with van der Waals surface area (Å²) in [5.74, 6) is -0.491. The lowest BCUT2D eigenvalue weighted by molar-refractivity contribution is -0.139. The first kappa shape index (κ1) is 15.4. The summed E-state index contributed by atoms with van der Waals surface area (Å²) in [5, 5.41) is 9.41. The second-order valence-electron chi connectivity index (χ2n) is 4.41. The Morgan fingerprint density at radius 1 is 1.52 bits per heavy atom. The lowest BCUT2D eigenvalue weighted by Crippen LogP contribution is -2.46. The minimum absolute atomic E-state index is 0.0139. The molecular weight excluding hydrogens is 296 g/mol. The monoisotopic (exact) mass is 312 g/mol. The maximum absolute atomic E-state index is 12.2. The van der Waals surface area contributed by atoms with E-state index in [1.165, 1.54) is 0 Å². The molecule has 0 bridgehead atoms. The highest BCUT2D eigenvalue weighted by atomic mass is 35.5. The lowest BCUT2D eigenvalue weighted by atomic mass is 9.98. The van der Waals surface area contributed by atoms with E-state index in [0.29, 0.717) is 23.4 Å². The van der Waals surface area contributed by atoms with Crippen LogP contribution in [0.25, 0.3) is 0 Å². The Hall–Kier alpha value is -2.02. The van der Waals surface area contributed by atoms with Crippen LogP contribution < -0.4 is 10.6 Å².